The fourth-order valence-electron chi connectivity index (χ4n) is 3.27. The van der Waals surface area contributed by atoms with Crippen molar-refractivity contribution in [2.24, 2.45) is 11.8 Å². The second-order valence-electron chi connectivity index (χ2n) is 6.48. The molecule has 1 aromatic rings. The maximum atomic E-state index is 13.8. The van der Waals surface area contributed by atoms with Gasteiger partial charge in [-0.2, -0.15) is 0 Å². The summed E-state index contributed by atoms with van der Waals surface area (Å²) < 4.78 is 13.8. The van der Waals surface area contributed by atoms with Gasteiger partial charge in [-0.1, -0.05) is 38.8 Å². The molecule has 2 rings (SSSR count). The van der Waals surface area contributed by atoms with Gasteiger partial charge in [0.15, 0.2) is 0 Å². The Hall–Kier alpha value is -1.09. The number of benzene rings is 1. The Morgan fingerprint density at radius 3 is 2.70 bits per heavy atom. The van der Waals surface area contributed by atoms with Gasteiger partial charge in [0.1, 0.15) is 5.82 Å². The van der Waals surface area contributed by atoms with E-state index in [0.717, 1.165) is 25.7 Å². The number of anilines is 1. The van der Waals surface area contributed by atoms with Crippen LogP contribution in [-0.4, -0.2) is 17.3 Å². The van der Waals surface area contributed by atoms with Crippen LogP contribution in [0.3, 0.4) is 0 Å². The normalized spacial score (nSPS) is 27.4. The van der Waals surface area contributed by atoms with Crippen LogP contribution in [0.15, 0.2) is 24.3 Å². The molecule has 112 valence electrons. The van der Waals surface area contributed by atoms with Crippen molar-refractivity contribution >= 4 is 5.69 Å². The molecule has 0 saturated heterocycles. The number of hydrogen-bond acceptors (Lipinski definition) is 2. The molecule has 0 heterocycles. The molecule has 0 spiro atoms. The predicted octanol–water partition coefficient (Wildman–Crippen LogP) is 4.21. The lowest BCUT2D eigenvalue weighted by Gasteiger charge is -2.33. The van der Waals surface area contributed by atoms with E-state index >= 15 is 0 Å². The van der Waals surface area contributed by atoms with Gasteiger partial charge in [-0.15, -0.1) is 0 Å². The summed E-state index contributed by atoms with van der Waals surface area (Å²) in [6, 6.07) is 6.72. The Labute approximate surface area is 121 Å². The molecule has 2 unspecified atom stereocenters. The van der Waals surface area contributed by atoms with E-state index in [2.05, 4.69) is 19.2 Å². The fraction of sp³-hybridized carbons (Fsp3) is 0.647. The Morgan fingerprint density at radius 2 is 2.05 bits per heavy atom. The zero-order valence-corrected chi connectivity index (χ0v) is 12.5. The molecule has 0 bridgehead atoms. The standard InChI is InChI=1S/C17H26FNO/c1-13(2)14-6-5-10-17(12-20,11-9-14)19-16-8-4-3-7-15(16)18/h3-4,7-8,13-14,19-20H,5-6,9-12H2,1-2H3. The predicted molar refractivity (Wildman–Crippen MR) is 81.3 cm³/mol. The minimum Gasteiger partial charge on any atom is -0.394 e. The lowest BCUT2D eigenvalue weighted by molar-refractivity contribution is 0.192. The topological polar surface area (TPSA) is 32.3 Å². The van der Waals surface area contributed by atoms with Gasteiger partial charge in [0.25, 0.3) is 0 Å². The first-order valence-electron chi connectivity index (χ1n) is 7.70. The number of nitrogens with one attached hydrogen (secondary N) is 1. The summed E-state index contributed by atoms with van der Waals surface area (Å²) in [7, 11) is 0. The van der Waals surface area contributed by atoms with E-state index < -0.39 is 0 Å². The van der Waals surface area contributed by atoms with E-state index in [9.17, 15) is 9.50 Å². The third kappa shape index (κ3) is 3.51. The summed E-state index contributed by atoms with van der Waals surface area (Å²) >= 11 is 0. The molecule has 0 aliphatic heterocycles. The van der Waals surface area contributed by atoms with Gasteiger partial charge in [-0.3, -0.25) is 0 Å². The van der Waals surface area contributed by atoms with Crippen molar-refractivity contribution in [2.45, 2.75) is 51.5 Å². The largest absolute Gasteiger partial charge is 0.394 e. The number of halogens is 1. The second-order valence-corrected chi connectivity index (χ2v) is 6.48. The minimum absolute atomic E-state index is 0.0617. The average Bonchev–Trinajstić information content (AvgIpc) is 2.65. The van der Waals surface area contributed by atoms with Crippen LogP contribution in [0.5, 0.6) is 0 Å². The number of rotatable bonds is 4. The summed E-state index contributed by atoms with van der Waals surface area (Å²) in [6.07, 6.45) is 5.20. The third-order valence-electron chi connectivity index (χ3n) is 4.74. The number of aliphatic hydroxyl groups excluding tert-OH is 1. The highest BCUT2D eigenvalue weighted by atomic mass is 19.1. The summed E-state index contributed by atoms with van der Waals surface area (Å²) in [4.78, 5) is 0. The number of para-hydroxylation sites is 1. The van der Waals surface area contributed by atoms with Gasteiger partial charge < -0.3 is 10.4 Å². The van der Waals surface area contributed by atoms with Crippen molar-refractivity contribution in [2.75, 3.05) is 11.9 Å². The van der Waals surface area contributed by atoms with Crippen LogP contribution in [0.4, 0.5) is 10.1 Å². The first-order chi connectivity index (χ1) is 9.56. The molecule has 3 heteroatoms. The van der Waals surface area contributed by atoms with Crippen LogP contribution in [0.1, 0.15) is 46.0 Å². The Bertz CT molecular complexity index is 435. The summed E-state index contributed by atoms with van der Waals surface area (Å²) in [5.74, 6) is 1.15. The Kier molecular flexibility index (Phi) is 5.03. The highest BCUT2D eigenvalue weighted by Gasteiger charge is 2.33. The molecule has 0 radical (unpaired) electrons. The molecule has 2 atom stereocenters. The highest BCUT2D eigenvalue weighted by Crippen LogP contribution is 2.36. The van der Waals surface area contributed by atoms with Crippen LogP contribution < -0.4 is 5.32 Å². The summed E-state index contributed by atoms with van der Waals surface area (Å²) in [5, 5.41) is 13.1. The lowest BCUT2D eigenvalue weighted by Crippen LogP contribution is -2.42. The zero-order chi connectivity index (χ0) is 14.6. The fourth-order valence-corrected chi connectivity index (χ4v) is 3.27. The SMILES string of the molecule is CC(C)C1CCCC(CO)(Nc2ccccc2F)CC1. The zero-order valence-electron chi connectivity index (χ0n) is 12.5. The summed E-state index contributed by atoms with van der Waals surface area (Å²) in [6.45, 7) is 4.59. The van der Waals surface area contributed by atoms with Crippen LogP contribution in [-0.2, 0) is 0 Å². The van der Waals surface area contributed by atoms with E-state index in [1.165, 1.54) is 12.5 Å². The molecule has 2 N–H and O–H groups in total. The Balaban J connectivity index is 2.12. The van der Waals surface area contributed by atoms with Crippen LogP contribution in [0, 0.1) is 17.7 Å². The molecule has 1 fully saturated rings. The van der Waals surface area contributed by atoms with Gasteiger partial charge in [0, 0.05) is 0 Å². The maximum Gasteiger partial charge on any atom is 0.146 e. The molecule has 20 heavy (non-hydrogen) atoms. The van der Waals surface area contributed by atoms with Gasteiger partial charge in [-0.05, 0) is 43.2 Å². The smallest absolute Gasteiger partial charge is 0.146 e. The van der Waals surface area contributed by atoms with Crippen LogP contribution >= 0.6 is 0 Å². The van der Waals surface area contributed by atoms with Crippen LogP contribution in [0.2, 0.25) is 0 Å². The minimum atomic E-state index is -0.369. The molecule has 0 aromatic heterocycles. The van der Waals surface area contributed by atoms with Crippen LogP contribution in [0.25, 0.3) is 0 Å². The van der Waals surface area contributed by atoms with E-state index in [1.54, 1.807) is 12.1 Å². The van der Waals surface area contributed by atoms with Gasteiger partial charge in [0.05, 0.1) is 17.8 Å². The van der Waals surface area contributed by atoms with Gasteiger partial charge in [0.2, 0.25) is 0 Å². The molecule has 1 aliphatic rings. The van der Waals surface area contributed by atoms with Gasteiger partial charge >= 0.3 is 0 Å². The molecular weight excluding hydrogens is 253 g/mol. The molecule has 2 nitrogen and oxygen atoms in total. The van der Waals surface area contributed by atoms with E-state index in [-0.39, 0.29) is 18.0 Å². The van der Waals surface area contributed by atoms with E-state index in [1.807, 2.05) is 6.07 Å². The van der Waals surface area contributed by atoms with Crippen molar-refractivity contribution < 1.29 is 9.50 Å². The molecule has 1 saturated carbocycles. The van der Waals surface area contributed by atoms with Crippen molar-refractivity contribution in [3.8, 4) is 0 Å². The average molecular weight is 279 g/mol. The number of aliphatic hydroxyl groups is 1. The van der Waals surface area contributed by atoms with Gasteiger partial charge in [-0.25, -0.2) is 4.39 Å². The molecular formula is C17H26FNO. The first-order valence-corrected chi connectivity index (χ1v) is 7.70. The van der Waals surface area contributed by atoms with Crippen molar-refractivity contribution in [3.05, 3.63) is 30.1 Å². The van der Waals surface area contributed by atoms with Crippen molar-refractivity contribution in [1.82, 2.24) is 0 Å². The molecule has 1 aliphatic carbocycles. The lowest BCUT2D eigenvalue weighted by atomic mass is 9.86. The maximum absolute atomic E-state index is 13.8. The Morgan fingerprint density at radius 1 is 1.30 bits per heavy atom. The van der Waals surface area contributed by atoms with Crippen molar-refractivity contribution in [1.29, 1.82) is 0 Å². The molecule has 0 amide bonds. The highest BCUT2D eigenvalue weighted by molar-refractivity contribution is 5.47. The van der Waals surface area contributed by atoms with E-state index in [0.29, 0.717) is 17.5 Å². The van der Waals surface area contributed by atoms with Crippen molar-refractivity contribution in [3.63, 3.8) is 0 Å². The third-order valence-corrected chi connectivity index (χ3v) is 4.74. The number of hydrogen-bond donors (Lipinski definition) is 2. The van der Waals surface area contributed by atoms with E-state index in [4.69, 9.17) is 0 Å². The molecule has 1 aromatic carbocycles. The second kappa shape index (κ2) is 6.57. The summed E-state index contributed by atoms with van der Waals surface area (Å²) in [5.41, 5.74) is 0.135. The first kappa shape index (κ1) is 15.3. The monoisotopic (exact) mass is 279 g/mol. The quantitative estimate of drug-likeness (QED) is 0.809.